The highest BCUT2D eigenvalue weighted by Crippen LogP contribution is 2.20. The van der Waals surface area contributed by atoms with Crippen molar-refractivity contribution in [2.45, 2.75) is 11.4 Å². The van der Waals surface area contributed by atoms with Crippen LogP contribution in [0.4, 0.5) is 0 Å². The third-order valence-electron chi connectivity index (χ3n) is 2.58. The van der Waals surface area contributed by atoms with Crippen LogP contribution in [0.2, 0.25) is 0 Å². The lowest BCUT2D eigenvalue weighted by atomic mass is 10.1. The minimum absolute atomic E-state index is 0.0358. The predicted molar refractivity (Wildman–Crippen MR) is 67.9 cm³/mol. The summed E-state index contributed by atoms with van der Waals surface area (Å²) in [5, 5.41) is 12.9. The van der Waals surface area contributed by atoms with Gasteiger partial charge in [0.05, 0.1) is 24.2 Å². The molecule has 18 heavy (non-hydrogen) atoms. The lowest BCUT2D eigenvalue weighted by molar-refractivity contribution is 0.269. The molecule has 1 aromatic heterocycles. The molecule has 1 aromatic carbocycles. The molecule has 0 aliphatic rings. The van der Waals surface area contributed by atoms with Gasteiger partial charge in [0.15, 0.2) is 9.84 Å². The van der Waals surface area contributed by atoms with Crippen LogP contribution in [0, 0.1) is 0 Å². The molecule has 0 aliphatic carbocycles. The number of hydrogen-bond donors (Lipinski definition) is 1. The molecule has 0 saturated heterocycles. The molecular formula is C12H14N2O3S. The highest BCUT2D eigenvalue weighted by atomic mass is 32.2. The third-order valence-corrected chi connectivity index (χ3v) is 3.71. The zero-order chi connectivity index (χ0) is 13.2. The molecule has 1 heterocycles. The standard InChI is InChI=1S/C12H14N2O3S/c1-18(16,17)12-4-2-10(3-5-12)11-8-13-14(9-11)6-7-15/h2-5,8-9,15H,6-7H2,1H3. The van der Waals surface area contributed by atoms with Crippen LogP contribution in [0.15, 0.2) is 41.6 Å². The Balaban J connectivity index is 2.28. The second-order valence-corrected chi connectivity index (χ2v) is 6.03. The number of aromatic nitrogens is 2. The summed E-state index contributed by atoms with van der Waals surface area (Å²) in [5.74, 6) is 0. The number of hydrogen-bond acceptors (Lipinski definition) is 4. The van der Waals surface area contributed by atoms with Gasteiger partial charge in [0, 0.05) is 18.0 Å². The molecule has 0 unspecified atom stereocenters. The van der Waals surface area contributed by atoms with Gasteiger partial charge in [-0.05, 0) is 17.7 Å². The highest BCUT2D eigenvalue weighted by molar-refractivity contribution is 7.90. The van der Waals surface area contributed by atoms with E-state index >= 15 is 0 Å². The molecule has 2 aromatic rings. The molecule has 0 amide bonds. The molecule has 2 rings (SSSR count). The van der Waals surface area contributed by atoms with E-state index in [0.717, 1.165) is 11.1 Å². The van der Waals surface area contributed by atoms with Crippen molar-refractivity contribution in [3.63, 3.8) is 0 Å². The van der Waals surface area contributed by atoms with E-state index in [0.29, 0.717) is 11.4 Å². The molecule has 0 saturated carbocycles. The van der Waals surface area contributed by atoms with E-state index in [2.05, 4.69) is 5.10 Å². The molecule has 6 heteroatoms. The van der Waals surface area contributed by atoms with Crippen molar-refractivity contribution in [1.29, 1.82) is 0 Å². The third kappa shape index (κ3) is 2.77. The van der Waals surface area contributed by atoms with Crippen molar-refractivity contribution in [1.82, 2.24) is 9.78 Å². The van der Waals surface area contributed by atoms with Gasteiger partial charge in [-0.25, -0.2) is 8.42 Å². The van der Waals surface area contributed by atoms with Gasteiger partial charge in [0.25, 0.3) is 0 Å². The van der Waals surface area contributed by atoms with Gasteiger partial charge in [0.1, 0.15) is 0 Å². The van der Waals surface area contributed by atoms with Gasteiger partial charge < -0.3 is 5.11 Å². The SMILES string of the molecule is CS(=O)(=O)c1ccc(-c2cnn(CCO)c2)cc1. The number of rotatable bonds is 4. The first-order chi connectivity index (χ1) is 8.50. The lowest BCUT2D eigenvalue weighted by Crippen LogP contribution is -2.01. The summed E-state index contributed by atoms with van der Waals surface area (Å²) in [7, 11) is -3.16. The summed E-state index contributed by atoms with van der Waals surface area (Å²) < 4.78 is 24.3. The lowest BCUT2D eigenvalue weighted by Gasteiger charge is -2.00. The molecule has 0 fully saturated rings. The molecular weight excluding hydrogens is 252 g/mol. The Morgan fingerprint density at radius 1 is 1.22 bits per heavy atom. The number of sulfone groups is 1. The van der Waals surface area contributed by atoms with Crippen LogP contribution in [0.3, 0.4) is 0 Å². The topological polar surface area (TPSA) is 72.2 Å². The quantitative estimate of drug-likeness (QED) is 0.894. The maximum absolute atomic E-state index is 11.3. The van der Waals surface area contributed by atoms with Crippen molar-refractivity contribution in [2.24, 2.45) is 0 Å². The van der Waals surface area contributed by atoms with Crippen LogP contribution in [0.25, 0.3) is 11.1 Å². The Kier molecular flexibility index (Phi) is 3.49. The molecule has 0 radical (unpaired) electrons. The second kappa shape index (κ2) is 4.91. The molecule has 1 N–H and O–H groups in total. The number of nitrogens with zero attached hydrogens (tertiary/aromatic N) is 2. The zero-order valence-corrected chi connectivity index (χ0v) is 10.8. The summed E-state index contributed by atoms with van der Waals surface area (Å²) in [6.07, 6.45) is 4.68. The fourth-order valence-corrected chi connectivity index (χ4v) is 2.26. The number of benzene rings is 1. The smallest absolute Gasteiger partial charge is 0.175 e. The average molecular weight is 266 g/mol. The molecule has 0 atom stereocenters. The average Bonchev–Trinajstić information content (AvgIpc) is 2.77. The largest absolute Gasteiger partial charge is 0.394 e. The van der Waals surface area contributed by atoms with Crippen LogP contribution in [0.1, 0.15) is 0 Å². The Labute approximate surface area is 106 Å². The first-order valence-electron chi connectivity index (χ1n) is 5.44. The summed E-state index contributed by atoms with van der Waals surface area (Å²) in [5.41, 5.74) is 1.79. The summed E-state index contributed by atoms with van der Waals surface area (Å²) in [6.45, 7) is 0.482. The van der Waals surface area contributed by atoms with Crippen molar-refractivity contribution in [3.8, 4) is 11.1 Å². The first-order valence-corrected chi connectivity index (χ1v) is 7.33. The Bertz CT molecular complexity index is 630. The summed E-state index contributed by atoms with van der Waals surface area (Å²) in [4.78, 5) is 0.300. The second-order valence-electron chi connectivity index (χ2n) is 4.01. The van der Waals surface area contributed by atoms with Gasteiger partial charge >= 0.3 is 0 Å². The molecule has 0 spiro atoms. The summed E-state index contributed by atoms with van der Waals surface area (Å²) >= 11 is 0. The molecule has 0 aliphatic heterocycles. The van der Waals surface area contributed by atoms with Crippen molar-refractivity contribution in [2.75, 3.05) is 12.9 Å². The van der Waals surface area contributed by atoms with Crippen molar-refractivity contribution < 1.29 is 13.5 Å². The van der Waals surface area contributed by atoms with E-state index in [4.69, 9.17) is 5.11 Å². The maximum atomic E-state index is 11.3. The first kappa shape index (κ1) is 12.8. The number of aliphatic hydroxyl groups is 1. The van der Waals surface area contributed by atoms with Crippen LogP contribution < -0.4 is 0 Å². The van der Waals surface area contributed by atoms with Crippen LogP contribution in [0.5, 0.6) is 0 Å². The highest BCUT2D eigenvalue weighted by Gasteiger charge is 2.07. The summed E-state index contributed by atoms with van der Waals surface area (Å²) in [6, 6.07) is 6.65. The van der Waals surface area contributed by atoms with E-state index in [9.17, 15) is 8.42 Å². The number of aliphatic hydroxyl groups excluding tert-OH is 1. The van der Waals surface area contributed by atoms with Gasteiger partial charge in [-0.1, -0.05) is 12.1 Å². The fourth-order valence-electron chi connectivity index (χ4n) is 1.63. The van der Waals surface area contributed by atoms with Gasteiger partial charge in [-0.2, -0.15) is 5.10 Å². The van der Waals surface area contributed by atoms with Crippen LogP contribution in [-0.4, -0.2) is 36.2 Å². The van der Waals surface area contributed by atoms with E-state index in [1.807, 2.05) is 6.20 Å². The predicted octanol–water partition coefficient (Wildman–Crippen LogP) is 0.946. The normalized spacial score (nSPS) is 11.7. The Hall–Kier alpha value is -1.66. The molecule has 96 valence electrons. The zero-order valence-electron chi connectivity index (χ0n) is 9.94. The van der Waals surface area contributed by atoms with E-state index in [1.54, 1.807) is 35.1 Å². The van der Waals surface area contributed by atoms with Gasteiger partial charge in [-0.3, -0.25) is 4.68 Å². The van der Waals surface area contributed by atoms with Crippen LogP contribution >= 0.6 is 0 Å². The van der Waals surface area contributed by atoms with Crippen molar-refractivity contribution in [3.05, 3.63) is 36.7 Å². The van der Waals surface area contributed by atoms with Gasteiger partial charge in [-0.15, -0.1) is 0 Å². The minimum atomic E-state index is -3.16. The van der Waals surface area contributed by atoms with Gasteiger partial charge in [0.2, 0.25) is 0 Å². The molecule has 5 nitrogen and oxygen atoms in total. The monoisotopic (exact) mass is 266 g/mol. The minimum Gasteiger partial charge on any atom is -0.394 e. The fraction of sp³-hybridized carbons (Fsp3) is 0.250. The van der Waals surface area contributed by atoms with E-state index < -0.39 is 9.84 Å². The van der Waals surface area contributed by atoms with Crippen molar-refractivity contribution >= 4 is 9.84 Å². The Morgan fingerprint density at radius 3 is 2.44 bits per heavy atom. The van der Waals surface area contributed by atoms with E-state index in [1.165, 1.54) is 6.26 Å². The molecule has 0 bridgehead atoms. The Morgan fingerprint density at radius 2 is 1.89 bits per heavy atom. The maximum Gasteiger partial charge on any atom is 0.175 e. The van der Waals surface area contributed by atoms with Crippen LogP contribution in [-0.2, 0) is 16.4 Å². The van der Waals surface area contributed by atoms with E-state index in [-0.39, 0.29) is 6.61 Å².